The maximum Gasteiger partial charge on any atom is 0.308 e. The Morgan fingerprint density at radius 2 is 1.43 bits per heavy atom. The molecule has 46 heavy (non-hydrogen) atoms. The van der Waals surface area contributed by atoms with Gasteiger partial charge >= 0.3 is 11.9 Å². The first kappa shape index (κ1) is 37.6. The van der Waals surface area contributed by atoms with Crippen LogP contribution in [0.15, 0.2) is 42.5 Å². The summed E-state index contributed by atoms with van der Waals surface area (Å²) in [5.74, 6) is -2.98. The van der Waals surface area contributed by atoms with E-state index in [2.05, 4.69) is 74.1 Å². The van der Waals surface area contributed by atoms with E-state index in [4.69, 9.17) is 9.47 Å². The van der Waals surface area contributed by atoms with Crippen LogP contribution in [0, 0.1) is 24.2 Å². The van der Waals surface area contributed by atoms with Gasteiger partial charge in [-0.3, -0.25) is 14.5 Å². The highest BCUT2D eigenvalue weighted by atomic mass is 16.7. The highest BCUT2D eigenvalue weighted by Gasteiger charge is 2.67. The number of carbonyl (C=O) groups excluding carboxylic acids is 2. The Balaban J connectivity index is 1.73. The number of carbonyl (C=O) groups is 2. The molecule has 7 nitrogen and oxygen atoms in total. The third-order valence-corrected chi connectivity index (χ3v) is 10.2. The largest absolute Gasteiger partial charge is 0.507 e. The van der Waals surface area contributed by atoms with Gasteiger partial charge in [0.25, 0.3) is 0 Å². The third-order valence-electron chi connectivity index (χ3n) is 10.2. The molecule has 1 aliphatic rings. The average molecular weight is 638 g/mol. The Bertz CT molecular complexity index is 1370. The lowest BCUT2D eigenvalue weighted by atomic mass is 9.56. The maximum atomic E-state index is 13.3. The van der Waals surface area contributed by atoms with E-state index in [0.29, 0.717) is 25.1 Å². The number of piperidine rings is 1. The molecule has 2 aromatic rings. The van der Waals surface area contributed by atoms with Crippen molar-refractivity contribution in [3.8, 4) is 5.75 Å². The number of aryl methyl sites for hydroxylation is 3. The third kappa shape index (κ3) is 8.14. The fourth-order valence-electron chi connectivity index (χ4n) is 8.06. The number of hydrogen-bond acceptors (Lipinski definition) is 7. The van der Waals surface area contributed by atoms with Gasteiger partial charge in [0.2, 0.25) is 5.79 Å². The standard InChI is InChI=1S/C39H59NO6/c1-26-24-29(25-30(33(26)43)35(3,4)5)19-20-31(41)45-23-22-40-37(9,10)27(2)39(44,34(36(6,7)8)38(40,11)12)46-32(42)21-18-28-16-14-13-15-17-28/h13-17,24-25,27,34,43-44H,18-23H2,1-12H3. The second-order valence-electron chi connectivity index (χ2n) is 16.5. The Morgan fingerprint density at radius 1 is 0.870 bits per heavy atom. The SMILES string of the molecule is Cc1cc(CCC(=O)OCCN2C(C)(C)C(C)C(O)(OC(=O)CCc3ccccc3)C(C(C)(C)C)C2(C)C)cc(C(C)(C)C)c1O. The van der Waals surface area contributed by atoms with Crippen molar-refractivity contribution in [1.29, 1.82) is 0 Å². The molecule has 2 N–H and O–H groups in total. The number of nitrogens with zero attached hydrogens (tertiary/aromatic N) is 1. The molecule has 0 spiro atoms. The number of likely N-dealkylation sites (tertiary alicyclic amines) is 1. The summed E-state index contributed by atoms with van der Waals surface area (Å²) in [5, 5.41) is 23.0. The van der Waals surface area contributed by atoms with Gasteiger partial charge in [0.15, 0.2) is 0 Å². The van der Waals surface area contributed by atoms with Crippen molar-refractivity contribution in [2.45, 2.75) is 131 Å². The molecular formula is C39H59NO6. The van der Waals surface area contributed by atoms with Crippen LogP contribution in [-0.4, -0.2) is 57.1 Å². The summed E-state index contributed by atoms with van der Waals surface area (Å²) in [7, 11) is 0. The molecule has 3 atom stereocenters. The zero-order chi connectivity index (χ0) is 34.9. The van der Waals surface area contributed by atoms with E-state index in [-0.39, 0.29) is 30.8 Å². The van der Waals surface area contributed by atoms with Crippen LogP contribution in [0.5, 0.6) is 5.75 Å². The van der Waals surface area contributed by atoms with Gasteiger partial charge in [-0.25, -0.2) is 0 Å². The lowest BCUT2D eigenvalue weighted by molar-refractivity contribution is -0.337. The smallest absolute Gasteiger partial charge is 0.308 e. The van der Waals surface area contributed by atoms with E-state index in [9.17, 15) is 19.8 Å². The zero-order valence-corrected chi connectivity index (χ0v) is 30.4. The Hall–Kier alpha value is -2.90. The number of esters is 2. The molecule has 0 saturated carbocycles. The Morgan fingerprint density at radius 3 is 2.00 bits per heavy atom. The van der Waals surface area contributed by atoms with E-state index in [1.165, 1.54) is 0 Å². The minimum atomic E-state index is -1.71. The van der Waals surface area contributed by atoms with Crippen LogP contribution in [0.25, 0.3) is 0 Å². The first-order chi connectivity index (χ1) is 21.0. The normalized spacial score (nSPS) is 23.2. The van der Waals surface area contributed by atoms with Crippen LogP contribution in [0.3, 0.4) is 0 Å². The number of phenolic OH excluding ortho intramolecular Hbond substituents is 1. The number of aromatic hydroxyl groups is 1. The monoisotopic (exact) mass is 637 g/mol. The van der Waals surface area contributed by atoms with Crippen molar-refractivity contribution in [2.24, 2.45) is 17.3 Å². The van der Waals surface area contributed by atoms with Gasteiger partial charge < -0.3 is 19.7 Å². The molecule has 0 aliphatic carbocycles. The summed E-state index contributed by atoms with van der Waals surface area (Å²) in [6.07, 6.45) is 1.48. The highest BCUT2D eigenvalue weighted by molar-refractivity contribution is 5.70. The summed E-state index contributed by atoms with van der Waals surface area (Å²) in [6.45, 7) is 25.2. The number of hydrogen-bond donors (Lipinski definition) is 2. The quantitative estimate of drug-likeness (QED) is 0.206. The molecule has 1 aliphatic heterocycles. The molecule has 1 heterocycles. The van der Waals surface area contributed by atoms with E-state index >= 15 is 0 Å². The summed E-state index contributed by atoms with van der Waals surface area (Å²) < 4.78 is 11.9. The van der Waals surface area contributed by atoms with Crippen molar-refractivity contribution in [1.82, 2.24) is 4.90 Å². The minimum Gasteiger partial charge on any atom is -0.507 e. The van der Waals surface area contributed by atoms with Crippen LogP contribution in [0.4, 0.5) is 0 Å². The maximum absolute atomic E-state index is 13.3. The first-order valence-electron chi connectivity index (χ1n) is 16.8. The first-order valence-corrected chi connectivity index (χ1v) is 16.8. The van der Waals surface area contributed by atoms with Gasteiger partial charge in [-0.2, -0.15) is 0 Å². The predicted octanol–water partition coefficient (Wildman–Crippen LogP) is 7.51. The van der Waals surface area contributed by atoms with Crippen molar-refractivity contribution in [2.75, 3.05) is 13.2 Å². The minimum absolute atomic E-state index is 0.178. The summed E-state index contributed by atoms with van der Waals surface area (Å²) in [5.41, 5.74) is 1.85. The molecule has 0 bridgehead atoms. The van der Waals surface area contributed by atoms with Gasteiger partial charge in [0.05, 0.1) is 0 Å². The highest BCUT2D eigenvalue weighted by Crippen LogP contribution is 2.57. The number of phenols is 1. The summed E-state index contributed by atoms with van der Waals surface area (Å²) >= 11 is 0. The molecule has 0 amide bonds. The van der Waals surface area contributed by atoms with E-state index in [0.717, 1.165) is 22.3 Å². The molecule has 1 saturated heterocycles. The molecular weight excluding hydrogens is 578 g/mol. The molecule has 0 radical (unpaired) electrons. The van der Waals surface area contributed by atoms with Gasteiger partial charge in [-0.05, 0) is 80.5 Å². The lowest BCUT2D eigenvalue weighted by Crippen LogP contribution is -2.77. The second-order valence-corrected chi connectivity index (χ2v) is 16.5. The molecule has 7 heteroatoms. The number of rotatable bonds is 10. The van der Waals surface area contributed by atoms with Gasteiger partial charge in [-0.15, -0.1) is 0 Å². The van der Waals surface area contributed by atoms with E-state index in [1.807, 2.05) is 56.3 Å². The van der Waals surface area contributed by atoms with Crippen molar-refractivity contribution >= 4 is 11.9 Å². The van der Waals surface area contributed by atoms with Crippen LogP contribution < -0.4 is 0 Å². The number of benzene rings is 2. The van der Waals surface area contributed by atoms with Crippen LogP contribution >= 0.6 is 0 Å². The Labute approximate surface area is 277 Å². The zero-order valence-electron chi connectivity index (χ0n) is 30.4. The van der Waals surface area contributed by atoms with Gasteiger partial charge in [-0.1, -0.05) is 90.9 Å². The second kappa shape index (κ2) is 13.7. The fourth-order valence-corrected chi connectivity index (χ4v) is 8.06. The van der Waals surface area contributed by atoms with Crippen molar-refractivity contribution in [3.63, 3.8) is 0 Å². The van der Waals surface area contributed by atoms with E-state index in [1.54, 1.807) is 0 Å². The lowest BCUT2D eigenvalue weighted by Gasteiger charge is -2.66. The summed E-state index contributed by atoms with van der Waals surface area (Å²) in [4.78, 5) is 28.5. The number of ether oxygens (including phenoxy) is 2. The van der Waals surface area contributed by atoms with Crippen LogP contribution in [0.2, 0.25) is 0 Å². The van der Waals surface area contributed by atoms with E-state index < -0.39 is 40.1 Å². The molecule has 2 aromatic carbocycles. The Kier molecular flexibility index (Phi) is 11.2. The fraction of sp³-hybridized carbons (Fsp3) is 0.641. The summed E-state index contributed by atoms with van der Waals surface area (Å²) in [6, 6.07) is 13.7. The van der Waals surface area contributed by atoms with Gasteiger partial charge in [0, 0.05) is 42.3 Å². The molecule has 256 valence electrons. The predicted molar refractivity (Wildman–Crippen MR) is 184 cm³/mol. The average Bonchev–Trinajstić information content (AvgIpc) is 2.92. The number of aliphatic hydroxyl groups is 1. The van der Waals surface area contributed by atoms with Crippen molar-refractivity contribution in [3.05, 3.63) is 64.7 Å². The van der Waals surface area contributed by atoms with Crippen molar-refractivity contribution < 1.29 is 29.3 Å². The molecule has 3 rings (SSSR count). The van der Waals surface area contributed by atoms with Crippen LogP contribution in [0.1, 0.15) is 111 Å². The topological polar surface area (TPSA) is 96.3 Å². The van der Waals surface area contributed by atoms with Gasteiger partial charge in [0.1, 0.15) is 12.4 Å². The molecule has 0 aromatic heterocycles. The van der Waals surface area contributed by atoms with Crippen LogP contribution in [-0.2, 0) is 37.3 Å². The molecule has 1 fully saturated rings. The molecule has 3 unspecified atom stereocenters.